The van der Waals surface area contributed by atoms with Crippen LogP contribution in [0.5, 0.6) is 0 Å². The molecule has 1 atom stereocenters. The highest BCUT2D eigenvalue weighted by Crippen LogP contribution is 2.35. The van der Waals surface area contributed by atoms with Crippen molar-refractivity contribution in [2.75, 3.05) is 24.5 Å². The van der Waals surface area contributed by atoms with E-state index in [-0.39, 0.29) is 30.3 Å². The number of amides is 1. The molecule has 0 radical (unpaired) electrons. The quantitative estimate of drug-likeness (QED) is 0.740. The second kappa shape index (κ2) is 9.85. The molecule has 3 N–H and O–H groups in total. The summed E-state index contributed by atoms with van der Waals surface area (Å²) in [6, 6.07) is 0.0773. The first-order valence-electron chi connectivity index (χ1n) is 9.86. The molecular formula is C20H32ClN5OS. The van der Waals surface area contributed by atoms with E-state index in [4.69, 9.17) is 5.73 Å². The van der Waals surface area contributed by atoms with Crippen molar-refractivity contribution in [3.63, 3.8) is 0 Å². The van der Waals surface area contributed by atoms with Gasteiger partial charge >= 0.3 is 0 Å². The fourth-order valence-electron chi connectivity index (χ4n) is 3.86. The maximum atomic E-state index is 12.7. The maximum Gasteiger partial charge on any atom is 0.223 e. The normalized spacial score (nSPS) is 16.3. The first-order valence-corrected chi connectivity index (χ1v) is 10.7. The SMILES string of the molecule is Cc1sc2ncnc(N3CCC(C(=O)NC(CN)CC(C)C)CC3)c2c1C.Cl. The zero-order valence-corrected chi connectivity index (χ0v) is 18.8. The first-order chi connectivity index (χ1) is 12.9. The fourth-order valence-corrected chi connectivity index (χ4v) is 4.85. The molecule has 1 aliphatic heterocycles. The molecule has 6 nitrogen and oxygen atoms in total. The van der Waals surface area contributed by atoms with Gasteiger partial charge in [-0.3, -0.25) is 4.79 Å². The number of carbonyl (C=O) groups excluding carboxylic acids is 1. The van der Waals surface area contributed by atoms with Crippen LogP contribution in [0.15, 0.2) is 6.33 Å². The number of rotatable bonds is 6. The van der Waals surface area contributed by atoms with Crippen molar-refractivity contribution in [2.45, 2.75) is 53.0 Å². The van der Waals surface area contributed by atoms with E-state index in [9.17, 15) is 4.79 Å². The molecule has 2 aromatic rings. The molecule has 1 unspecified atom stereocenters. The molecule has 0 spiro atoms. The minimum Gasteiger partial charge on any atom is -0.356 e. The lowest BCUT2D eigenvalue weighted by Crippen LogP contribution is -2.46. The number of piperidine rings is 1. The van der Waals surface area contributed by atoms with E-state index in [1.54, 1.807) is 17.7 Å². The van der Waals surface area contributed by atoms with Gasteiger partial charge in [-0.1, -0.05) is 13.8 Å². The standard InChI is InChI=1S/C20H31N5OS.ClH/c1-12(2)9-16(10-21)24-19(26)15-5-7-25(8-6-15)18-17-13(3)14(4)27-20(17)23-11-22-18;/h11-12,15-16H,5-10,21H2,1-4H3,(H,24,26);1H. The summed E-state index contributed by atoms with van der Waals surface area (Å²) in [7, 11) is 0. The van der Waals surface area contributed by atoms with Gasteiger partial charge < -0.3 is 16.0 Å². The van der Waals surface area contributed by atoms with Gasteiger partial charge in [-0.25, -0.2) is 9.97 Å². The van der Waals surface area contributed by atoms with E-state index in [0.29, 0.717) is 12.5 Å². The van der Waals surface area contributed by atoms with Crippen LogP contribution < -0.4 is 16.0 Å². The van der Waals surface area contributed by atoms with Crippen LogP contribution in [0, 0.1) is 25.7 Å². The van der Waals surface area contributed by atoms with Crippen molar-refractivity contribution in [3.8, 4) is 0 Å². The number of aromatic nitrogens is 2. The van der Waals surface area contributed by atoms with Crippen LogP contribution in [-0.4, -0.2) is 41.6 Å². The van der Waals surface area contributed by atoms with Crippen molar-refractivity contribution >= 4 is 45.7 Å². The number of halogens is 1. The number of nitrogens with one attached hydrogen (secondary N) is 1. The molecule has 0 aliphatic carbocycles. The van der Waals surface area contributed by atoms with Crippen molar-refractivity contribution in [1.29, 1.82) is 0 Å². The number of hydrogen-bond acceptors (Lipinski definition) is 6. The molecule has 1 saturated heterocycles. The molecule has 8 heteroatoms. The van der Waals surface area contributed by atoms with Gasteiger partial charge in [0.05, 0.1) is 5.39 Å². The average Bonchev–Trinajstić information content (AvgIpc) is 2.95. The van der Waals surface area contributed by atoms with Crippen molar-refractivity contribution in [1.82, 2.24) is 15.3 Å². The van der Waals surface area contributed by atoms with E-state index >= 15 is 0 Å². The van der Waals surface area contributed by atoms with E-state index in [1.165, 1.54) is 15.8 Å². The second-order valence-electron chi connectivity index (χ2n) is 7.99. The maximum absolute atomic E-state index is 12.7. The van der Waals surface area contributed by atoms with Crippen LogP contribution >= 0.6 is 23.7 Å². The van der Waals surface area contributed by atoms with Gasteiger partial charge in [0, 0.05) is 36.5 Å². The number of nitrogens with two attached hydrogens (primary N) is 1. The monoisotopic (exact) mass is 425 g/mol. The number of aryl methyl sites for hydroxylation is 2. The van der Waals surface area contributed by atoms with Gasteiger partial charge in [-0.2, -0.15) is 0 Å². The molecule has 1 fully saturated rings. The van der Waals surface area contributed by atoms with Gasteiger partial charge in [0.15, 0.2) is 0 Å². The van der Waals surface area contributed by atoms with Crippen molar-refractivity contribution in [3.05, 3.63) is 16.8 Å². The summed E-state index contributed by atoms with van der Waals surface area (Å²) in [6.45, 7) is 10.8. The van der Waals surface area contributed by atoms with Gasteiger partial charge in [0.1, 0.15) is 17.0 Å². The van der Waals surface area contributed by atoms with Crippen molar-refractivity contribution in [2.24, 2.45) is 17.6 Å². The van der Waals surface area contributed by atoms with E-state index in [2.05, 4.69) is 47.9 Å². The zero-order chi connectivity index (χ0) is 19.6. The molecule has 2 aromatic heterocycles. The lowest BCUT2D eigenvalue weighted by atomic mass is 9.94. The summed E-state index contributed by atoms with van der Waals surface area (Å²) < 4.78 is 0. The van der Waals surface area contributed by atoms with Gasteiger partial charge in [0.2, 0.25) is 5.91 Å². The fraction of sp³-hybridized carbons (Fsp3) is 0.650. The molecule has 0 aromatic carbocycles. The largest absolute Gasteiger partial charge is 0.356 e. The summed E-state index contributed by atoms with van der Waals surface area (Å²) in [5, 5.41) is 4.33. The van der Waals surface area contributed by atoms with Gasteiger partial charge in [0.25, 0.3) is 0 Å². The molecular weight excluding hydrogens is 394 g/mol. The Balaban J connectivity index is 0.00000280. The molecule has 3 rings (SSSR count). The van der Waals surface area contributed by atoms with Crippen LogP contribution in [0.3, 0.4) is 0 Å². The van der Waals surface area contributed by atoms with E-state index in [1.807, 2.05) is 0 Å². The number of fused-ring (bicyclic) bond motifs is 1. The van der Waals surface area contributed by atoms with Crippen LogP contribution in [0.2, 0.25) is 0 Å². The first kappa shape index (κ1) is 22.8. The molecule has 0 saturated carbocycles. The van der Waals surface area contributed by atoms with Crippen LogP contribution in [0.25, 0.3) is 10.2 Å². The van der Waals surface area contributed by atoms with Crippen molar-refractivity contribution < 1.29 is 4.79 Å². The Morgan fingerprint density at radius 1 is 1.32 bits per heavy atom. The third-order valence-electron chi connectivity index (χ3n) is 5.50. The smallest absolute Gasteiger partial charge is 0.223 e. The Kier molecular flexibility index (Phi) is 8.04. The average molecular weight is 426 g/mol. The molecule has 156 valence electrons. The summed E-state index contributed by atoms with van der Waals surface area (Å²) >= 11 is 1.72. The molecule has 3 heterocycles. The molecule has 1 aliphatic rings. The topological polar surface area (TPSA) is 84.1 Å². The van der Waals surface area contributed by atoms with Crippen LogP contribution in [0.4, 0.5) is 5.82 Å². The Hall–Kier alpha value is -1.44. The Morgan fingerprint density at radius 2 is 2.00 bits per heavy atom. The lowest BCUT2D eigenvalue weighted by molar-refractivity contribution is -0.126. The molecule has 0 bridgehead atoms. The molecule has 28 heavy (non-hydrogen) atoms. The number of hydrogen-bond donors (Lipinski definition) is 2. The lowest BCUT2D eigenvalue weighted by Gasteiger charge is -2.33. The number of thiophene rings is 1. The summed E-state index contributed by atoms with van der Waals surface area (Å²) in [4.78, 5) is 26.3. The summed E-state index contributed by atoms with van der Waals surface area (Å²) in [5.41, 5.74) is 7.10. The Bertz CT molecular complexity index is 801. The predicted molar refractivity (Wildman–Crippen MR) is 120 cm³/mol. The minimum absolute atomic E-state index is 0. The number of carbonyl (C=O) groups is 1. The summed E-state index contributed by atoms with van der Waals surface area (Å²) in [6.07, 6.45) is 4.28. The predicted octanol–water partition coefficient (Wildman–Crippen LogP) is 3.44. The third-order valence-corrected chi connectivity index (χ3v) is 6.61. The number of nitrogens with zero attached hydrogens (tertiary/aromatic N) is 3. The van der Waals surface area contributed by atoms with E-state index in [0.717, 1.165) is 43.0 Å². The minimum atomic E-state index is 0. The Labute approximate surface area is 177 Å². The highest BCUT2D eigenvalue weighted by molar-refractivity contribution is 7.18. The van der Waals surface area contributed by atoms with Gasteiger partial charge in [-0.15, -0.1) is 23.7 Å². The zero-order valence-electron chi connectivity index (χ0n) is 17.2. The van der Waals surface area contributed by atoms with E-state index < -0.39 is 0 Å². The third kappa shape index (κ3) is 4.93. The highest BCUT2D eigenvalue weighted by Gasteiger charge is 2.28. The second-order valence-corrected chi connectivity index (χ2v) is 9.20. The van der Waals surface area contributed by atoms with Crippen LogP contribution in [0.1, 0.15) is 43.6 Å². The Morgan fingerprint density at radius 3 is 2.61 bits per heavy atom. The van der Waals surface area contributed by atoms with Gasteiger partial charge in [-0.05, 0) is 44.6 Å². The number of anilines is 1. The van der Waals surface area contributed by atoms with Crippen LogP contribution in [-0.2, 0) is 4.79 Å². The summed E-state index contributed by atoms with van der Waals surface area (Å²) in [5.74, 6) is 1.75. The highest BCUT2D eigenvalue weighted by atomic mass is 35.5. The molecule has 1 amide bonds.